The number of methoxy groups -OCH3 is 1. The number of benzene rings is 2. The van der Waals surface area contributed by atoms with Crippen LogP contribution in [0.5, 0.6) is 0 Å². The van der Waals surface area contributed by atoms with Gasteiger partial charge in [-0.25, -0.2) is 9.18 Å². The number of nitrogens with zero attached hydrogens (tertiary/aromatic N) is 2. The molecule has 1 aliphatic heterocycles. The molecule has 1 heterocycles. The van der Waals surface area contributed by atoms with E-state index in [9.17, 15) is 9.18 Å². The van der Waals surface area contributed by atoms with Crippen LogP contribution in [0.4, 0.5) is 10.1 Å². The molecule has 0 N–H and O–H groups in total. The smallest absolute Gasteiger partial charge is 0.337 e. The number of anilines is 1. The average Bonchev–Trinajstić information content (AvgIpc) is 2.67. The van der Waals surface area contributed by atoms with Crippen molar-refractivity contribution in [3.05, 3.63) is 65.5 Å². The summed E-state index contributed by atoms with van der Waals surface area (Å²) in [5.41, 5.74) is 2.82. The maximum atomic E-state index is 13.1. The molecule has 4 nitrogen and oxygen atoms in total. The fourth-order valence-corrected chi connectivity index (χ4v) is 3.25. The Kier molecular flexibility index (Phi) is 5.34. The van der Waals surface area contributed by atoms with Crippen LogP contribution < -0.4 is 4.90 Å². The van der Waals surface area contributed by atoms with Crippen LogP contribution in [-0.4, -0.2) is 44.2 Å². The summed E-state index contributed by atoms with van der Waals surface area (Å²) in [6, 6.07) is 14.6. The molecule has 0 radical (unpaired) electrons. The van der Waals surface area contributed by atoms with E-state index in [4.69, 9.17) is 4.74 Å². The number of hydrogen-bond donors (Lipinski definition) is 0. The second kappa shape index (κ2) is 7.66. The van der Waals surface area contributed by atoms with Crippen molar-refractivity contribution in [1.29, 1.82) is 0 Å². The van der Waals surface area contributed by atoms with Crippen LogP contribution in [0, 0.1) is 5.82 Å². The van der Waals surface area contributed by atoms with Crippen molar-refractivity contribution in [2.75, 3.05) is 38.2 Å². The first-order chi connectivity index (χ1) is 12.1. The highest BCUT2D eigenvalue weighted by Gasteiger charge is 2.22. The lowest BCUT2D eigenvalue weighted by Crippen LogP contribution is -2.47. The van der Waals surface area contributed by atoms with Crippen LogP contribution in [0.3, 0.4) is 0 Å². The predicted octanol–water partition coefficient (Wildman–Crippen LogP) is 3.50. The molecule has 0 spiro atoms. The Hall–Kier alpha value is -2.40. The van der Waals surface area contributed by atoms with E-state index in [2.05, 4.69) is 16.7 Å². The third kappa shape index (κ3) is 3.99. The van der Waals surface area contributed by atoms with Crippen LogP contribution in [0.1, 0.15) is 28.9 Å². The van der Waals surface area contributed by atoms with Gasteiger partial charge in [0.05, 0.1) is 12.7 Å². The monoisotopic (exact) mass is 342 g/mol. The van der Waals surface area contributed by atoms with Gasteiger partial charge in [-0.1, -0.05) is 12.1 Å². The Labute approximate surface area is 147 Å². The molecule has 1 atom stereocenters. The fraction of sp³-hybridized carbons (Fsp3) is 0.350. The van der Waals surface area contributed by atoms with Gasteiger partial charge in [-0.05, 0) is 48.9 Å². The number of rotatable bonds is 4. The normalized spacial score (nSPS) is 16.5. The quantitative estimate of drug-likeness (QED) is 0.796. The van der Waals surface area contributed by atoms with Gasteiger partial charge in [-0.2, -0.15) is 0 Å². The molecular formula is C20H23FN2O2. The van der Waals surface area contributed by atoms with E-state index in [1.165, 1.54) is 24.8 Å². The molecule has 1 fully saturated rings. The highest BCUT2D eigenvalue weighted by atomic mass is 19.1. The Morgan fingerprint density at radius 2 is 1.60 bits per heavy atom. The van der Waals surface area contributed by atoms with Gasteiger partial charge in [-0.3, -0.25) is 4.90 Å². The average molecular weight is 342 g/mol. The molecule has 132 valence electrons. The Balaban J connectivity index is 1.60. The zero-order chi connectivity index (χ0) is 17.8. The lowest BCUT2D eigenvalue weighted by Gasteiger charge is -2.39. The van der Waals surface area contributed by atoms with Crippen LogP contribution >= 0.6 is 0 Å². The summed E-state index contributed by atoms with van der Waals surface area (Å²) >= 11 is 0. The minimum Gasteiger partial charge on any atom is -0.465 e. The van der Waals surface area contributed by atoms with Gasteiger partial charge in [0.2, 0.25) is 0 Å². The molecule has 0 bridgehead atoms. The molecule has 2 aromatic rings. The number of carbonyl (C=O) groups excluding carboxylic acids is 1. The Morgan fingerprint density at radius 1 is 1.00 bits per heavy atom. The number of esters is 1. The summed E-state index contributed by atoms with van der Waals surface area (Å²) in [6.45, 7) is 5.89. The van der Waals surface area contributed by atoms with Gasteiger partial charge >= 0.3 is 5.97 Å². The van der Waals surface area contributed by atoms with E-state index >= 15 is 0 Å². The van der Waals surface area contributed by atoms with Gasteiger partial charge in [-0.15, -0.1) is 0 Å². The number of carbonyl (C=O) groups is 1. The summed E-state index contributed by atoms with van der Waals surface area (Å²) in [6.07, 6.45) is 0. The largest absolute Gasteiger partial charge is 0.465 e. The number of hydrogen-bond acceptors (Lipinski definition) is 4. The van der Waals surface area contributed by atoms with Crippen molar-refractivity contribution in [2.24, 2.45) is 0 Å². The molecular weight excluding hydrogens is 319 g/mol. The lowest BCUT2D eigenvalue weighted by molar-refractivity contribution is 0.0600. The first-order valence-corrected chi connectivity index (χ1v) is 8.51. The first-order valence-electron chi connectivity index (χ1n) is 8.51. The number of ether oxygens (including phenoxy) is 1. The predicted molar refractivity (Wildman–Crippen MR) is 96.4 cm³/mol. The van der Waals surface area contributed by atoms with E-state index in [-0.39, 0.29) is 17.8 Å². The SMILES string of the molecule is COC(=O)c1ccc(C(C)N2CCN(c3ccc(F)cc3)CC2)cc1. The van der Waals surface area contributed by atoms with Crippen molar-refractivity contribution in [3.63, 3.8) is 0 Å². The maximum Gasteiger partial charge on any atom is 0.337 e. The van der Waals surface area contributed by atoms with Crippen molar-refractivity contribution < 1.29 is 13.9 Å². The minimum atomic E-state index is -0.313. The molecule has 1 unspecified atom stereocenters. The molecule has 0 saturated carbocycles. The molecule has 1 saturated heterocycles. The summed E-state index contributed by atoms with van der Waals surface area (Å²) in [7, 11) is 1.39. The lowest BCUT2D eigenvalue weighted by atomic mass is 10.0. The first kappa shape index (κ1) is 17.4. The fourth-order valence-electron chi connectivity index (χ4n) is 3.25. The summed E-state index contributed by atoms with van der Waals surface area (Å²) in [5, 5.41) is 0. The summed E-state index contributed by atoms with van der Waals surface area (Å²) in [5.74, 6) is -0.515. The summed E-state index contributed by atoms with van der Waals surface area (Å²) in [4.78, 5) is 16.2. The highest BCUT2D eigenvalue weighted by Crippen LogP contribution is 2.24. The second-order valence-corrected chi connectivity index (χ2v) is 6.29. The minimum absolute atomic E-state index is 0.202. The molecule has 0 aromatic heterocycles. The van der Waals surface area contributed by atoms with Crippen molar-refractivity contribution >= 4 is 11.7 Å². The van der Waals surface area contributed by atoms with Crippen LogP contribution in [0.2, 0.25) is 0 Å². The standard InChI is InChI=1S/C20H23FN2O2/c1-15(16-3-5-17(6-4-16)20(24)25-2)22-11-13-23(14-12-22)19-9-7-18(21)8-10-19/h3-10,15H,11-14H2,1-2H3. The maximum absolute atomic E-state index is 13.1. The number of piperazine rings is 1. The number of halogens is 1. The zero-order valence-corrected chi connectivity index (χ0v) is 14.6. The van der Waals surface area contributed by atoms with Gasteiger partial charge in [0.1, 0.15) is 5.82 Å². The zero-order valence-electron chi connectivity index (χ0n) is 14.6. The van der Waals surface area contributed by atoms with Crippen molar-refractivity contribution in [2.45, 2.75) is 13.0 Å². The van der Waals surface area contributed by atoms with Gasteiger partial charge in [0.25, 0.3) is 0 Å². The van der Waals surface area contributed by atoms with E-state index in [0.717, 1.165) is 31.9 Å². The molecule has 0 amide bonds. The molecule has 25 heavy (non-hydrogen) atoms. The third-order valence-electron chi connectivity index (χ3n) is 4.87. The van der Waals surface area contributed by atoms with E-state index in [0.29, 0.717) is 5.56 Å². The summed E-state index contributed by atoms with van der Waals surface area (Å²) < 4.78 is 17.8. The van der Waals surface area contributed by atoms with Crippen LogP contribution in [0.25, 0.3) is 0 Å². The van der Waals surface area contributed by atoms with Crippen molar-refractivity contribution in [3.8, 4) is 0 Å². The van der Waals surface area contributed by atoms with E-state index < -0.39 is 0 Å². The molecule has 5 heteroatoms. The molecule has 2 aromatic carbocycles. The topological polar surface area (TPSA) is 32.8 Å². The Morgan fingerprint density at radius 3 is 2.16 bits per heavy atom. The Bertz CT molecular complexity index is 707. The van der Waals surface area contributed by atoms with E-state index in [1.54, 1.807) is 0 Å². The van der Waals surface area contributed by atoms with Gasteiger partial charge < -0.3 is 9.64 Å². The molecule has 0 aliphatic carbocycles. The van der Waals surface area contributed by atoms with E-state index in [1.807, 2.05) is 36.4 Å². The van der Waals surface area contributed by atoms with Crippen LogP contribution in [0.15, 0.2) is 48.5 Å². The third-order valence-corrected chi connectivity index (χ3v) is 4.87. The van der Waals surface area contributed by atoms with Gasteiger partial charge in [0, 0.05) is 37.9 Å². The van der Waals surface area contributed by atoms with Crippen molar-refractivity contribution in [1.82, 2.24) is 4.90 Å². The van der Waals surface area contributed by atoms with Gasteiger partial charge in [0.15, 0.2) is 0 Å². The molecule has 1 aliphatic rings. The second-order valence-electron chi connectivity index (χ2n) is 6.29. The highest BCUT2D eigenvalue weighted by molar-refractivity contribution is 5.89. The van der Waals surface area contributed by atoms with Crippen LogP contribution in [-0.2, 0) is 4.74 Å². The molecule has 3 rings (SSSR count).